The van der Waals surface area contributed by atoms with Crippen LogP contribution in [0.2, 0.25) is 5.28 Å². The summed E-state index contributed by atoms with van der Waals surface area (Å²) in [6.45, 7) is 0. The monoisotopic (exact) mass is 340 g/mol. The summed E-state index contributed by atoms with van der Waals surface area (Å²) < 4.78 is 3.57. The number of halogens is 2. The average molecular weight is 342 g/mol. The molecule has 0 fully saturated rings. The number of rotatable bonds is 2. The predicted molar refractivity (Wildman–Crippen MR) is 69.7 cm³/mol. The first-order chi connectivity index (χ1) is 9.15. The molecule has 0 aliphatic carbocycles. The maximum atomic E-state index is 5.92. The first-order valence-electron chi connectivity index (χ1n) is 5.12. The van der Waals surface area contributed by atoms with E-state index in [1.807, 2.05) is 0 Å². The van der Waals surface area contributed by atoms with E-state index in [0.29, 0.717) is 22.1 Å². The fourth-order valence-corrected chi connectivity index (χ4v) is 2.16. The van der Waals surface area contributed by atoms with E-state index in [4.69, 9.17) is 11.6 Å². The normalized spacial score (nSPS) is 10.9. The first-order valence-corrected chi connectivity index (χ1v) is 6.29. The van der Waals surface area contributed by atoms with Gasteiger partial charge in [-0.1, -0.05) is 5.21 Å². The molecule has 0 N–H and O–H groups in total. The lowest BCUT2D eigenvalue weighted by Gasteiger charge is -2.04. The average Bonchev–Trinajstić information content (AvgIpc) is 2.99. The number of hydrogen-bond donors (Lipinski definition) is 0. The van der Waals surface area contributed by atoms with Crippen LogP contribution >= 0.6 is 27.5 Å². The van der Waals surface area contributed by atoms with Gasteiger partial charge in [0.05, 0.1) is 0 Å². The molecule has 3 heterocycles. The van der Waals surface area contributed by atoms with E-state index in [0.717, 1.165) is 0 Å². The van der Waals surface area contributed by atoms with Crippen molar-refractivity contribution in [3.8, 4) is 17.5 Å². The lowest BCUT2D eigenvalue weighted by molar-refractivity contribution is 0.714. The molecule has 0 bridgehead atoms. The molecule has 10 heteroatoms. The van der Waals surface area contributed by atoms with Crippen molar-refractivity contribution in [1.29, 1.82) is 0 Å². The zero-order chi connectivity index (χ0) is 13.4. The molecule has 96 valence electrons. The van der Waals surface area contributed by atoms with E-state index in [1.165, 1.54) is 4.68 Å². The molecule has 0 aliphatic heterocycles. The van der Waals surface area contributed by atoms with Crippen molar-refractivity contribution in [3.63, 3.8) is 0 Å². The predicted octanol–water partition coefficient (Wildman–Crippen LogP) is 1.27. The smallest absolute Gasteiger partial charge is 0.243 e. The second-order valence-corrected chi connectivity index (χ2v) is 4.62. The van der Waals surface area contributed by atoms with Crippen molar-refractivity contribution in [3.05, 3.63) is 28.3 Å². The summed E-state index contributed by atoms with van der Waals surface area (Å²) in [5, 5.41) is 11.9. The number of hydrogen-bond acceptors (Lipinski definition) is 6. The molecule has 3 aromatic heterocycles. The van der Waals surface area contributed by atoms with Gasteiger partial charge in [-0.2, -0.15) is 20.1 Å². The van der Waals surface area contributed by atoms with Crippen LogP contribution in [0.25, 0.3) is 17.5 Å². The highest BCUT2D eigenvalue weighted by molar-refractivity contribution is 9.10. The van der Waals surface area contributed by atoms with Gasteiger partial charge in [-0.05, 0) is 33.6 Å². The molecule has 8 nitrogen and oxygen atoms in total. The summed E-state index contributed by atoms with van der Waals surface area (Å²) in [6.07, 6.45) is 3.34. The van der Waals surface area contributed by atoms with E-state index in [-0.39, 0.29) is 5.28 Å². The van der Waals surface area contributed by atoms with Crippen molar-refractivity contribution >= 4 is 27.5 Å². The molecule has 0 saturated carbocycles. The van der Waals surface area contributed by atoms with Crippen LogP contribution in [0.1, 0.15) is 0 Å². The Labute approximate surface area is 120 Å². The van der Waals surface area contributed by atoms with E-state index >= 15 is 0 Å². The Morgan fingerprint density at radius 2 is 2.11 bits per heavy atom. The molecule has 0 atom stereocenters. The van der Waals surface area contributed by atoms with Crippen LogP contribution in [0.5, 0.6) is 0 Å². The topological polar surface area (TPSA) is 87.2 Å². The Hall–Kier alpha value is -1.87. The van der Waals surface area contributed by atoms with Crippen LogP contribution < -0.4 is 0 Å². The molecule has 19 heavy (non-hydrogen) atoms. The Morgan fingerprint density at radius 1 is 1.26 bits per heavy atom. The van der Waals surface area contributed by atoms with Crippen LogP contribution in [0, 0.1) is 0 Å². The van der Waals surface area contributed by atoms with Crippen LogP contribution in [0.15, 0.2) is 23.1 Å². The van der Waals surface area contributed by atoms with Gasteiger partial charge in [-0.3, -0.25) is 0 Å². The largest absolute Gasteiger partial charge is 0.255 e. The summed E-state index contributed by atoms with van der Waals surface area (Å²) in [4.78, 5) is 12.4. The van der Waals surface area contributed by atoms with Crippen molar-refractivity contribution in [2.75, 3.05) is 0 Å². The highest BCUT2D eigenvalue weighted by Crippen LogP contribution is 2.23. The molecular formula is C9H6BrClN8. The molecule has 3 aromatic rings. The Morgan fingerprint density at radius 3 is 2.74 bits per heavy atom. The Bertz CT molecular complexity index is 702. The second kappa shape index (κ2) is 4.67. The minimum Gasteiger partial charge on any atom is -0.243 e. The third kappa shape index (κ3) is 2.22. The molecule has 0 aliphatic rings. The maximum Gasteiger partial charge on any atom is 0.255 e. The molecular weight excluding hydrogens is 336 g/mol. The van der Waals surface area contributed by atoms with Crippen molar-refractivity contribution in [1.82, 2.24) is 39.7 Å². The van der Waals surface area contributed by atoms with Gasteiger partial charge >= 0.3 is 0 Å². The standard InChI is InChI=1S/C9H6BrClN8/c1-18-5(6(10)16-17-18)7-13-8(11)15-9(14-7)19-4-2-3-12-19/h2-4H,1H3. The molecule has 0 aromatic carbocycles. The van der Waals surface area contributed by atoms with Crippen molar-refractivity contribution < 1.29 is 0 Å². The maximum absolute atomic E-state index is 5.92. The van der Waals surface area contributed by atoms with Gasteiger partial charge < -0.3 is 0 Å². The van der Waals surface area contributed by atoms with E-state index in [1.54, 1.807) is 30.2 Å². The van der Waals surface area contributed by atoms with Gasteiger partial charge in [-0.15, -0.1) is 5.10 Å². The quantitative estimate of drug-likeness (QED) is 0.697. The van der Waals surface area contributed by atoms with Gasteiger partial charge in [0, 0.05) is 19.4 Å². The molecule has 0 radical (unpaired) electrons. The zero-order valence-electron chi connectivity index (χ0n) is 9.57. The SMILES string of the molecule is Cn1nnc(Br)c1-c1nc(Cl)nc(-n2cccn2)n1. The molecule has 3 rings (SSSR count). The minimum absolute atomic E-state index is 0.0728. The molecule has 0 amide bonds. The van der Waals surface area contributed by atoms with Gasteiger partial charge in [0.25, 0.3) is 5.95 Å². The number of aryl methyl sites for hydroxylation is 1. The fourth-order valence-electron chi connectivity index (χ4n) is 1.50. The third-order valence-electron chi connectivity index (χ3n) is 2.30. The molecule has 0 unspecified atom stereocenters. The van der Waals surface area contributed by atoms with E-state index in [2.05, 4.69) is 46.3 Å². The third-order valence-corrected chi connectivity index (χ3v) is 3.01. The summed E-state index contributed by atoms with van der Waals surface area (Å²) >= 11 is 9.21. The van der Waals surface area contributed by atoms with Crippen LogP contribution in [0.3, 0.4) is 0 Å². The van der Waals surface area contributed by atoms with Crippen LogP contribution in [-0.4, -0.2) is 39.7 Å². The number of aromatic nitrogens is 8. The van der Waals surface area contributed by atoms with Crippen molar-refractivity contribution in [2.45, 2.75) is 0 Å². The molecule has 0 spiro atoms. The summed E-state index contributed by atoms with van der Waals surface area (Å²) in [5.41, 5.74) is 0.609. The van der Waals surface area contributed by atoms with E-state index < -0.39 is 0 Å². The second-order valence-electron chi connectivity index (χ2n) is 3.53. The lowest BCUT2D eigenvalue weighted by Crippen LogP contribution is -2.07. The fraction of sp³-hybridized carbons (Fsp3) is 0.111. The summed E-state index contributed by atoms with van der Waals surface area (Å²) in [6, 6.07) is 1.76. The first kappa shape index (κ1) is 12.2. The number of nitrogens with zero attached hydrogens (tertiary/aromatic N) is 8. The lowest BCUT2D eigenvalue weighted by atomic mass is 10.4. The molecule has 0 saturated heterocycles. The van der Waals surface area contributed by atoms with Gasteiger partial charge in [0.15, 0.2) is 10.4 Å². The highest BCUT2D eigenvalue weighted by atomic mass is 79.9. The van der Waals surface area contributed by atoms with E-state index in [9.17, 15) is 0 Å². The van der Waals surface area contributed by atoms with Gasteiger partial charge in [0.2, 0.25) is 5.28 Å². The summed E-state index contributed by atoms with van der Waals surface area (Å²) in [5.74, 6) is 0.693. The minimum atomic E-state index is 0.0728. The Kier molecular flexibility index (Phi) is 2.99. The summed E-state index contributed by atoms with van der Waals surface area (Å²) in [7, 11) is 1.73. The van der Waals surface area contributed by atoms with Gasteiger partial charge in [0.1, 0.15) is 5.69 Å². The highest BCUT2D eigenvalue weighted by Gasteiger charge is 2.16. The van der Waals surface area contributed by atoms with Gasteiger partial charge in [-0.25, -0.2) is 9.36 Å². The van der Waals surface area contributed by atoms with Crippen LogP contribution in [-0.2, 0) is 7.05 Å². The zero-order valence-corrected chi connectivity index (χ0v) is 11.9. The Balaban J connectivity index is 2.18. The van der Waals surface area contributed by atoms with Crippen molar-refractivity contribution in [2.24, 2.45) is 7.05 Å². The van der Waals surface area contributed by atoms with Crippen LogP contribution in [0.4, 0.5) is 0 Å².